The van der Waals surface area contributed by atoms with E-state index < -0.39 is 0 Å². The van der Waals surface area contributed by atoms with Crippen molar-refractivity contribution < 1.29 is 9.13 Å². The maximum Gasteiger partial charge on any atom is 0.130 e. The van der Waals surface area contributed by atoms with Crippen molar-refractivity contribution >= 4 is 0 Å². The molecule has 74 valence electrons. The standard InChI is InChI=1S/C11H12FNO/c1-2-10-11(7-13-10)14-9-5-3-8(12)4-6-9/h2-6,10-11,13H,1,7H2/t10-,11+/m1/s1. The van der Waals surface area contributed by atoms with Gasteiger partial charge in [0.1, 0.15) is 17.7 Å². The first-order valence-corrected chi connectivity index (χ1v) is 4.58. The van der Waals surface area contributed by atoms with Gasteiger partial charge in [-0.05, 0) is 24.3 Å². The lowest BCUT2D eigenvalue weighted by atomic mass is 10.0. The molecule has 0 radical (unpaired) electrons. The third-order valence-electron chi connectivity index (χ3n) is 2.31. The van der Waals surface area contributed by atoms with Gasteiger partial charge in [0.15, 0.2) is 0 Å². The topological polar surface area (TPSA) is 21.3 Å². The molecule has 0 aromatic heterocycles. The van der Waals surface area contributed by atoms with Gasteiger partial charge in [0.25, 0.3) is 0 Å². The molecule has 1 aliphatic heterocycles. The summed E-state index contributed by atoms with van der Waals surface area (Å²) in [6.45, 7) is 4.50. The second-order valence-electron chi connectivity index (χ2n) is 3.28. The van der Waals surface area contributed by atoms with Crippen LogP contribution in [0, 0.1) is 5.82 Å². The lowest BCUT2D eigenvalue weighted by molar-refractivity contribution is 0.108. The van der Waals surface area contributed by atoms with E-state index in [4.69, 9.17) is 4.74 Å². The molecular formula is C11H12FNO. The summed E-state index contributed by atoms with van der Waals surface area (Å²) in [7, 11) is 0. The summed E-state index contributed by atoms with van der Waals surface area (Å²) in [5.74, 6) is 0.453. The van der Waals surface area contributed by atoms with E-state index >= 15 is 0 Å². The fraction of sp³-hybridized carbons (Fsp3) is 0.273. The number of nitrogens with one attached hydrogen (secondary N) is 1. The molecule has 3 heteroatoms. The fourth-order valence-corrected chi connectivity index (χ4v) is 1.39. The van der Waals surface area contributed by atoms with E-state index in [1.807, 2.05) is 6.08 Å². The van der Waals surface area contributed by atoms with Gasteiger partial charge in [-0.2, -0.15) is 0 Å². The molecule has 1 aromatic carbocycles. The number of hydrogen-bond acceptors (Lipinski definition) is 2. The summed E-state index contributed by atoms with van der Waals surface area (Å²) in [6.07, 6.45) is 1.94. The summed E-state index contributed by atoms with van der Waals surface area (Å²) < 4.78 is 18.2. The van der Waals surface area contributed by atoms with Gasteiger partial charge in [0, 0.05) is 6.54 Å². The van der Waals surface area contributed by atoms with E-state index in [0.29, 0.717) is 5.75 Å². The number of halogens is 1. The van der Waals surface area contributed by atoms with E-state index in [2.05, 4.69) is 11.9 Å². The first kappa shape index (κ1) is 9.21. The molecule has 0 saturated carbocycles. The molecule has 0 bridgehead atoms. The summed E-state index contributed by atoms with van der Waals surface area (Å²) >= 11 is 0. The molecule has 14 heavy (non-hydrogen) atoms. The van der Waals surface area contributed by atoms with Crippen molar-refractivity contribution in [3.63, 3.8) is 0 Å². The number of rotatable bonds is 3. The van der Waals surface area contributed by atoms with E-state index in [-0.39, 0.29) is 18.0 Å². The van der Waals surface area contributed by atoms with E-state index in [0.717, 1.165) is 6.54 Å². The zero-order valence-electron chi connectivity index (χ0n) is 7.74. The highest BCUT2D eigenvalue weighted by atomic mass is 19.1. The molecule has 0 spiro atoms. The van der Waals surface area contributed by atoms with Crippen molar-refractivity contribution in [1.82, 2.24) is 5.32 Å². The number of hydrogen-bond donors (Lipinski definition) is 1. The quantitative estimate of drug-likeness (QED) is 0.738. The molecule has 1 N–H and O–H groups in total. The van der Waals surface area contributed by atoms with Crippen LogP contribution in [0.5, 0.6) is 5.75 Å². The minimum absolute atomic E-state index is 0.123. The Bertz CT molecular complexity index is 323. The van der Waals surface area contributed by atoms with Gasteiger partial charge in [0.2, 0.25) is 0 Å². The molecule has 0 amide bonds. The third-order valence-corrected chi connectivity index (χ3v) is 2.31. The summed E-state index contributed by atoms with van der Waals surface area (Å²) in [5, 5.41) is 3.16. The number of ether oxygens (including phenoxy) is 1. The lowest BCUT2D eigenvalue weighted by Crippen LogP contribution is -2.58. The van der Waals surface area contributed by atoms with Crippen LogP contribution in [0.25, 0.3) is 0 Å². The Morgan fingerprint density at radius 3 is 2.64 bits per heavy atom. The second kappa shape index (κ2) is 3.80. The molecule has 1 saturated heterocycles. The average molecular weight is 193 g/mol. The first-order valence-electron chi connectivity index (χ1n) is 4.58. The Morgan fingerprint density at radius 1 is 1.43 bits per heavy atom. The van der Waals surface area contributed by atoms with E-state index in [1.165, 1.54) is 12.1 Å². The van der Waals surface area contributed by atoms with E-state index in [1.54, 1.807) is 12.1 Å². The average Bonchev–Trinajstić information content (AvgIpc) is 2.16. The zero-order valence-corrected chi connectivity index (χ0v) is 7.74. The Kier molecular flexibility index (Phi) is 2.50. The minimum Gasteiger partial charge on any atom is -0.487 e. The smallest absolute Gasteiger partial charge is 0.130 e. The maximum atomic E-state index is 12.6. The van der Waals surface area contributed by atoms with Crippen molar-refractivity contribution in [2.24, 2.45) is 0 Å². The van der Waals surface area contributed by atoms with E-state index in [9.17, 15) is 4.39 Å². The zero-order chi connectivity index (χ0) is 9.97. The Morgan fingerprint density at radius 2 is 2.14 bits per heavy atom. The minimum atomic E-state index is -0.246. The molecule has 1 heterocycles. The lowest BCUT2D eigenvalue weighted by Gasteiger charge is -2.35. The highest BCUT2D eigenvalue weighted by Gasteiger charge is 2.29. The molecular weight excluding hydrogens is 181 g/mol. The maximum absolute atomic E-state index is 12.6. The molecule has 0 aliphatic carbocycles. The third kappa shape index (κ3) is 1.77. The highest BCUT2D eigenvalue weighted by molar-refractivity contribution is 5.23. The van der Waals surface area contributed by atoms with Crippen LogP contribution in [0.4, 0.5) is 4.39 Å². The van der Waals surface area contributed by atoms with Gasteiger partial charge < -0.3 is 10.1 Å². The van der Waals surface area contributed by atoms with Gasteiger partial charge in [-0.1, -0.05) is 6.08 Å². The van der Waals surface area contributed by atoms with Crippen LogP contribution in [-0.4, -0.2) is 18.7 Å². The van der Waals surface area contributed by atoms with Crippen molar-refractivity contribution in [3.05, 3.63) is 42.7 Å². The van der Waals surface area contributed by atoms with Crippen LogP contribution < -0.4 is 10.1 Å². The first-order chi connectivity index (χ1) is 6.79. The molecule has 0 unspecified atom stereocenters. The fourth-order valence-electron chi connectivity index (χ4n) is 1.39. The predicted molar refractivity (Wildman–Crippen MR) is 52.8 cm³/mol. The van der Waals surface area contributed by atoms with Crippen LogP contribution in [0.15, 0.2) is 36.9 Å². The molecule has 2 nitrogen and oxygen atoms in total. The van der Waals surface area contributed by atoms with Gasteiger partial charge in [-0.25, -0.2) is 4.39 Å². The van der Waals surface area contributed by atoms with Crippen molar-refractivity contribution in [2.75, 3.05) is 6.54 Å². The normalized spacial score (nSPS) is 25.2. The molecule has 1 fully saturated rings. The molecule has 2 atom stereocenters. The monoisotopic (exact) mass is 193 g/mol. The Hall–Kier alpha value is -1.35. The molecule has 2 rings (SSSR count). The Balaban J connectivity index is 1.97. The van der Waals surface area contributed by atoms with Crippen LogP contribution in [0.1, 0.15) is 0 Å². The highest BCUT2D eigenvalue weighted by Crippen LogP contribution is 2.17. The second-order valence-corrected chi connectivity index (χ2v) is 3.28. The molecule has 1 aliphatic rings. The van der Waals surface area contributed by atoms with Gasteiger partial charge in [-0.3, -0.25) is 0 Å². The van der Waals surface area contributed by atoms with Crippen molar-refractivity contribution in [1.29, 1.82) is 0 Å². The van der Waals surface area contributed by atoms with Gasteiger partial charge in [-0.15, -0.1) is 6.58 Å². The largest absolute Gasteiger partial charge is 0.487 e. The van der Waals surface area contributed by atoms with Crippen molar-refractivity contribution in [2.45, 2.75) is 12.1 Å². The summed E-state index contributed by atoms with van der Waals surface area (Å²) in [4.78, 5) is 0. The van der Waals surface area contributed by atoms with Crippen LogP contribution in [-0.2, 0) is 0 Å². The predicted octanol–water partition coefficient (Wildman–Crippen LogP) is 1.73. The summed E-state index contributed by atoms with van der Waals surface area (Å²) in [6, 6.07) is 6.26. The van der Waals surface area contributed by atoms with Crippen molar-refractivity contribution in [3.8, 4) is 5.75 Å². The van der Waals surface area contributed by atoms with Crippen LogP contribution in [0.2, 0.25) is 0 Å². The van der Waals surface area contributed by atoms with Crippen LogP contribution in [0.3, 0.4) is 0 Å². The van der Waals surface area contributed by atoms with Gasteiger partial charge in [0.05, 0.1) is 6.04 Å². The molecule has 1 aromatic rings. The summed E-state index contributed by atoms with van der Waals surface area (Å²) in [5.41, 5.74) is 0. The number of benzene rings is 1. The Labute approximate surface area is 82.4 Å². The van der Waals surface area contributed by atoms with Gasteiger partial charge >= 0.3 is 0 Å². The SMILES string of the molecule is C=C[C@H]1NC[C@@H]1Oc1ccc(F)cc1. The van der Waals surface area contributed by atoms with Crippen LogP contribution >= 0.6 is 0 Å².